The van der Waals surface area contributed by atoms with Gasteiger partial charge in [-0.05, 0) is 51.1 Å². The molecule has 0 unspecified atom stereocenters. The molecule has 208 valence electrons. The van der Waals surface area contributed by atoms with Gasteiger partial charge in [0.15, 0.2) is 17.4 Å². The monoisotopic (exact) mass is 549 g/mol. The number of aromatic nitrogens is 4. The van der Waals surface area contributed by atoms with Crippen molar-refractivity contribution in [3.63, 3.8) is 0 Å². The molecule has 1 N–H and O–H groups in total. The molecule has 3 heterocycles. The van der Waals surface area contributed by atoms with Gasteiger partial charge in [-0.2, -0.15) is 0 Å². The van der Waals surface area contributed by atoms with Gasteiger partial charge in [-0.15, -0.1) is 0 Å². The highest BCUT2D eigenvalue weighted by atomic mass is 19.1. The maximum absolute atomic E-state index is 13.8. The third kappa shape index (κ3) is 5.48. The van der Waals surface area contributed by atoms with E-state index in [1.807, 2.05) is 47.4 Å². The normalized spacial score (nSPS) is 16.1. The molecule has 1 atom stereocenters. The Labute approximate surface area is 229 Å². The van der Waals surface area contributed by atoms with Crippen LogP contribution in [0, 0.1) is 11.6 Å². The number of piperazine rings is 1. The van der Waals surface area contributed by atoms with Crippen molar-refractivity contribution in [2.75, 3.05) is 25.0 Å². The summed E-state index contributed by atoms with van der Waals surface area (Å²) >= 11 is 0. The van der Waals surface area contributed by atoms with Crippen LogP contribution in [0.15, 0.2) is 55.1 Å². The topological polar surface area (TPSA) is 105 Å². The summed E-state index contributed by atoms with van der Waals surface area (Å²) in [4.78, 5) is 42.8. The first kappa shape index (κ1) is 27.1. The molecular weight excluding hydrogens is 520 g/mol. The number of benzene rings is 2. The predicted octanol–water partition coefficient (Wildman–Crippen LogP) is 4.00. The third-order valence-electron chi connectivity index (χ3n) is 7.06. The Morgan fingerprint density at radius 3 is 2.55 bits per heavy atom. The fourth-order valence-electron chi connectivity index (χ4n) is 4.82. The van der Waals surface area contributed by atoms with E-state index in [2.05, 4.69) is 20.3 Å². The molecule has 0 spiro atoms. The summed E-state index contributed by atoms with van der Waals surface area (Å²) in [5.41, 5.74) is 1.78. The number of rotatable bonds is 6. The molecule has 1 aliphatic rings. The molecule has 1 saturated heterocycles. The quantitative estimate of drug-likeness (QED) is 0.388. The van der Waals surface area contributed by atoms with Gasteiger partial charge in [-0.3, -0.25) is 14.5 Å². The molecule has 12 heteroatoms. The average molecular weight is 550 g/mol. The summed E-state index contributed by atoms with van der Waals surface area (Å²) < 4.78 is 34.1. The van der Waals surface area contributed by atoms with Crippen LogP contribution in [-0.2, 0) is 11.8 Å². The number of aryl methyl sites for hydroxylation is 1. The first-order valence-electron chi connectivity index (χ1n) is 12.7. The first-order chi connectivity index (χ1) is 19.0. The molecule has 2 aromatic carbocycles. The van der Waals surface area contributed by atoms with Crippen molar-refractivity contribution >= 4 is 28.7 Å². The van der Waals surface area contributed by atoms with Crippen molar-refractivity contribution in [3.05, 3.63) is 72.3 Å². The zero-order valence-electron chi connectivity index (χ0n) is 22.6. The van der Waals surface area contributed by atoms with Crippen molar-refractivity contribution in [2.24, 2.45) is 7.05 Å². The van der Waals surface area contributed by atoms with Gasteiger partial charge in [-0.25, -0.2) is 23.7 Å². The Morgan fingerprint density at radius 1 is 1.05 bits per heavy atom. The van der Waals surface area contributed by atoms with Crippen LogP contribution < -0.4 is 10.1 Å². The number of hydrogen-bond donors (Lipinski definition) is 1. The highest BCUT2D eigenvalue weighted by molar-refractivity contribution is 5.98. The van der Waals surface area contributed by atoms with E-state index in [4.69, 9.17) is 4.74 Å². The lowest BCUT2D eigenvalue weighted by molar-refractivity contribution is -0.122. The lowest BCUT2D eigenvalue weighted by Crippen LogP contribution is -2.63. The lowest BCUT2D eigenvalue weighted by atomic mass is 9.96. The molecule has 0 radical (unpaired) electrons. The molecule has 10 nitrogen and oxygen atoms in total. The number of nitrogens with zero attached hydrogens (tertiary/aromatic N) is 6. The Balaban J connectivity index is 1.20. The van der Waals surface area contributed by atoms with Crippen LogP contribution in [0.2, 0.25) is 0 Å². The predicted molar refractivity (Wildman–Crippen MR) is 144 cm³/mol. The molecule has 2 amide bonds. The van der Waals surface area contributed by atoms with E-state index in [-0.39, 0.29) is 29.3 Å². The second-order valence-electron chi connectivity index (χ2n) is 10.4. The van der Waals surface area contributed by atoms with Gasteiger partial charge in [-0.1, -0.05) is 0 Å². The van der Waals surface area contributed by atoms with E-state index in [9.17, 15) is 18.4 Å². The van der Waals surface area contributed by atoms with Gasteiger partial charge < -0.3 is 19.5 Å². The summed E-state index contributed by atoms with van der Waals surface area (Å²) in [6, 6.07) is 7.92. The molecule has 5 rings (SSSR count). The number of carbonyl (C=O) groups excluding carboxylic acids is 2. The van der Waals surface area contributed by atoms with Crippen LogP contribution >= 0.6 is 0 Å². The minimum absolute atomic E-state index is 0.0124. The van der Waals surface area contributed by atoms with Crippen LogP contribution in [0.1, 0.15) is 31.1 Å². The van der Waals surface area contributed by atoms with Crippen LogP contribution in [0.3, 0.4) is 0 Å². The Kier molecular flexibility index (Phi) is 7.19. The molecule has 4 aromatic rings. The fourth-order valence-corrected chi connectivity index (χ4v) is 4.82. The van der Waals surface area contributed by atoms with Gasteiger partial charge in [0.1, 0.15) is 5.82 Å². The van der Waals surface area contributed by atoms with Crippen molar-refractivity contribution in [2.45, 2.75) is 32.4 Å². The molecule has 1 aliphatic heterocycles. The van der Waals surface area contributed by atoms with Gasteiger partial charge in [0.25, 0.3) is 5.91 Å². The average Bonchev–Trinajstić information content (AvgIpc) is 3.29. The molecule has 40 heavy (non-hydrogen) atoms. The lowest BCUT2D eigenvalue weighted by Gasteiger charge is -2.48. The maximum Gasteiger partial charge on any atom is 0.254 e. The molecule has 0 aliphatic carbocycles. The third-order valence-corrected chi connectivity index (χ3v) is 7.06. The Hall–Kier alpha value is -4.45. The van der Waals surface area contributed by atoms with E-state index >= 15 is 0 Å². The van der Waals surface area contributed by atoms with Crippen molar-refractivity contribution in [1.29, 1.82) is 0 Å². The number of nitrogens with one attached hydrogen (secondary N) is 1. The second kappa shape index (κ2) is 10.6. The minimum atomic E-state index is -0.868. The largest absolute Gasteiger partial charge is 0.434 e. The van der Waals surface area contributed by atoms with E-state index in [1.54, 1.807) is 19.3 Å². The number of carbonyl (C=O) groups is 2. The van der Waals surface area contributed by atoms with Crippen molar-refractivity contribution in [1.82, 2.24) is 29.3 Å². The molecule has 2 aromatic heterocycles. The summed E-state index contributed by atoms with van der Waals surface area (Å²) in [5.74, 6) is -1.95. The summed E-state index contributed by atoms with van der Waals surface area (Å²) in [6.45, 7) is 7.22. The number of imidazole rings is 1. The van der Waals surface area contributed by atoms with E-state index in [1.165, 1.54) is 12.4 Å². The van der Waals surface area contributed by atoms with Gasteiger partial charge >= 0.3 is 0 Å². The number of anilines is 1. The second-order valence-corrected chi connectivity index (χ2v) is 10.4. The summed E-state index contributed by atoms with van der Waals surface area (Å²) in [6.07, 6.45) is 4.25. The molecule has 1 fully saturated rings. The molecule has 0 bridgehead atoms. The number of hydrogen-bond acceptors (Lipinski definition) is 7. The smallest absolute Gasteiger partial charge is 0.254 e. The number of halogens is 2. The fraction of sp³-hybridized carbons (Fsp3) is 0.321. The van der Waals surface area contributed by atoms with Crippen molar-refractivity contribution in [3.8, 4) is 11.6 Å². The molecule has 0 saturated carbocycles. The standard InChI is InChI=1S/C28H29F2N7O3/c1-17(26(38)34-24-13-32-25(14-31-24)40-23-8-6-19(29)12-20(23)30)36-9-10-37(28(2,3)15-36)27(39)18-5-7-21-22(11-18)35(4)16-33-21/h5-8,11-14,16-17H,9-10,15H2,1-4H3,(H,31,34,38)/t17-/m0/s1. The van der Waals surface area contributed by atoms with Crippen LogP contribution in [0.5, 0.6) is 11.6 Å². The van der Waals surface area contributed by atoms with Crippen molar-refractivity contribution < 1.29 is 23.1 Å². The van der Waals surface area contributed by atoms with Crippen LogP contribution in [-0.4, -0.2) is 72.3 Å². The maximum atomic E-state index is 13.8. The van der Waals surface area contributed by atoms with Gasteiger partial charge in [0.05, 0.1) is 41.3 Å². The molecular formula is C28H29F2N7O3. The Bertz CT molecular complexity index is 1570. The van der Waals surface area contributed by atoms with E-state index in [0.717, 1.165) is 23.2 Å². The first-order valence-corrected chi connectivity index (χ1v) is 12.7. The SMILES string of the molecule is C[C@@H](C(=O)Nc1cnc(Oc2ccc(F)cc2F)cn1)N1CCN(C(=O)c2ccc3ncn(C)c3c2)C(C)(C)C1. The Morgan fingerprint density at radius 2 is 1.85 bits per heavy atom. The van der Waals surface area contributed by atoms with E-state index < -0.39 is 23.2 Å². The zero-order chi connectivity index (χ0) is 28.6. The summed E-state index contributed by atoms with van der Waals surface area (Å²) in [5, 5.41) is 2.73. The number of amides is 2. The van der Waals surface area contributed by atoms with Crippen LogP contribution in [0.4, 0.5) is 14.6 Å². The zero-order valence-corrected chi connectivity index (χ0v) is 22.6. The van der Waals surface area contributed by atoms with Gasteiger partial charge in [0.2, 0.25) is 11.8 Å². The van der Waals surface area contributed by atoms with E-state index in [0.29, 0.717) is 31.3 Å². The highest BCUT2D eigenvalue weighted by Gasteiger charge is 2.39. The van der Waals surface area contributed by atoms with Gasteiger partial charge in [0, 0.05) is 38.3 Å². The minimum Gasteiger partial charge on any atom is -0.434 e. The number of fused-ring (bicyclic) bond motifs is 1. The highest BCUT2D eigenvalue weighted by Crippen LogP contribution is 2.27. The number of ether oxygens (including phenoxy) is 1. The van der Waals surface area contributed by atoms with Crippen LogP contribution in [0.25, 0.3) is 11.0 Å². The summed E-state index contributed by atoms with van der Waals surface area (Å²) in [7, 11) is 1.89.